The van der Waals surface area contributed by atoms with E-state index in [0.29, 0.717) is 13.2 Å². The van der Waals surface area contributed by atoms with Crippen LogP contribution >= 0.6 is 22.9 Å². The lowest BCUT2D eigenvalue weighted by molar-refractivity contribution is 0.304. The van der Waals surface area contributed by atoms with Crippen LogP contribution in [0, 0.1) is 6.92 Å². The number of hydrogen-bond acceptors (Lipinski definition) is 4. The third-order valence-electron chi connectivity index (χ3n) is 6.45. The third kappa shape index (κ3) is 5.17. The molecule has 37 heavy (non-hydrogen) atoms. The summed E-state index contributed by atoms with van der Waals surface area (Å²) < 4.78 is 7.51. The molecule has 0 spiro atoms. The molecule has 6 rings (SSSR count). The maximum Gasteiger partial charge on any atom is 0.125 e. The summed E-state index contributed by atoms with van der Waals surface area (Å²) >= 11 is 7.77. The number of fused-ring (bicyclic) bond motifs is 2. The fourth-order valence-corrected chi connectivity index (χ4v) is 5.65. The maximum atomic E-state index is 6.28. The molecule has 0 fully saturated rings. The molecule has 3 nitrogen and oxygen atoms in total. The predicted molar refractivity (Wildman–Crippen MR) is 157 cm³/mol. The Kier molecular flexibility index (Phi) is 6.52. The molecule has 0 atom stereocenters. The molecule has 0 aliphatic carbocycles. The number of thiazole rings is 1. The lowest BCUT2D eigenvalue weighted by atomic mass is 10.0. The van der Waals surface area contributed by atoms with E-state index in [9.17, 15) is 0 Å². The molecule has 5 heteroatoms. The Labute approximate surface area is 225 Å². The van der Waals surface area contributed by atoms with E-state index in [1.165, 1.54) is 21.0 Å². The average molecular weight is 521 g/mol. The molecule has 0 aliphatic rings. The summed E-state index contributed by atoms with van der Waals surface area (Å²) in [6.45, 7) is 3.25. The van der Waals surface area contributed by atoms with Gasteiger partial charge in [-0.05, 0) is 83.4 Å². The van der Waals surface area contributed by atoms with Gasteiger partial charge in [-0.3, -0.25) is 0 Å². The van der Waals surface area contributed by atoms with Crippen LogP contribution in [0.15, 0.2) is 103 Å². The Hall–Kier alpha value is -3.86. The van der Waals surface area contributed by atoms with Crippen LogP contribution in [-0.4, -0.2) is 4.98 Å². The number of benzene rings is 5. The number of halogens is 1. The summed E-state index contributed by atoms with van der Waals surface area (Å²) in [5, 5.41) is 7.74. The first-order chi connectivity index (χ1) is 18.1. The highest BCUT2D eigenvalue weighted by molar-refractivity contribution is 7.21. The van der Waals surface area contributed by atoms with Crippen molar-refractivity contribution in [1.82, 2.24) is 4.98 Å². The van der Waals surface area contributed by atoms with Crippen LogP contribution in [0.3, 0.4) is 0 Å². The first kappa shape index (κ1) is 23.5. The molecule has 182 valence electrons. The zero-order chi connectivity index (χ0) is 25.2. The fourth-order valence-electron chi connectivity index (χ4n) is 4.45. The van der Waals surface area contributed by atoms with Crippen LogP contribution in [0.1, 0.15) is 16.7 Å². The second kappa shape index (κ2) is 10.3. The molecule has 0 radical (unpaired) electrons. The summed E-state index contributed by atoms with van der Waals surface area (Å²) in [6, 6.07) is 35.3. The van der Waals surface area contributed by atoms with Crippen molar-refractivity contribution < 1.29 is 4.74 Å². The van der Waals surface area contributed by atoms with Crippen molar-refractivity contribution in [2.24, 2.45) is 0 Å². The SMILES string of the molecule is Cc1ccc2nc(-c3ccc(NCc4c(OCc5ccc(Cl)cc5)ccc5ccccc45)cc3)sc2c1. The zero-order valence-corrected chi connectivity index (χ0v) is 21.9. The molecule has 6 aromatic rings. The third-order valence-corrected chi connectivity index (χ3v) is 7.77. The molecule has 1 heterocycles. The topological polar surface area (TPSA) is 34.2 Å². The van der Waals surface area contributed by atoms with Gasteiger partial charge >= 0.3 is 0 Å². The van der Waals surface area contributed by atoms with Crippen LogP contribution in [0.25, 0.3) is 31.6 Å². The first-order valence-corrected chi connectivity index (χ1v) is 13.4. The number of ether oxygens (including phenoxy) is 1. The molecule has 0 amide bonds. The van der Waals surface area contributed by atoms with E-state index in [4.69, 9.17) is 21.3 Å². The van der Waals surface area contributed by atoms with Crippen molar-refractivity contribution in [1.29, 1.82) is 0 Å². The van der Waals surface area contributed by atoms with Crippen LogP contribution in [0.2, 0.25) is 5.02 Å². The fraction of sp³-hybridized carbons (Fsp3) is 0.0938. The minimum Gasteiger partial charge on any atom is -0.489 e. The quantitative estimate of drug-likeness (QED) is 0.228. The van der Waals surface area contributed by atoms with Crippen molar-refractivity contribution in [3.8, 4) is 16.3 Å². The molecular weight excluding hydrogens is 496 g/mol. The Bertz CT molecular complexity index is 1690. The Morgan fingerprint density at radius 1 is 0.865 bits per heavy atom. The minimum atomic E-state index is 0.485. The second-order valence-electron chi connectivity index (χ2n) is 9.10. The summed E-state index contributed by atoms with van der Waals surface area (Å²) in [6.07, 6.45) is 0. The smallest absolute Gasteiger partial charge is 0.125 e. The van der Waals surface area contributed by atoms with Gasteiger partial charge in [0.2, 0.25) is 0 Å². The summed E-state index contributed by atoms with van der Waals surface area (Å²) in [5.41, 5.74) is 6.70. The van der Waals surface area contributed by atoms with Crippen molar-refractivity contribution in [3.63, 3.8) is 0 Å². The van der Waals surface area contributed by atoms with Crippen molar-refractivity contribution in [2.75, 3.05) is 5.32 Å². The van der Waals surface area contributed by atoms with Crippen LogP contribution in [0.5, 0.6) is 5.75 Å². The van der Waals surface area contributed by atoms with Gasteiger partial charge in [-0.25, -0.2) is 4.98 Å². The zero-order valence-electron chi connectivity index (χ0n) is 20.4. The van der Waals surface area contributed by atoms with E-state index < -0.39 is 0 Å². The number of aryl methyl sites for hydroxylation is 1. The molecule has 0 saturated heterocycles. The number of nitrogens with zero attached hydrogens (tertiary/aromatic N) is 1. The Morgan fingerprint density at radius 2 is 1.68 bits per heavy atom. The van der Waals surface area contributed by atoms with Crippen LogP contribution in [0.4, 0.5) is 5.69 Å². The van der Waals surface area contributed by atoms with Gasteiger partial charge in [0.05, 0.1) is 10.2 Å². The molecular formula is C32H25ClN2OS. The van der Waals surface area contributed by atoms with Gasteiger partial charge in [0.15, 0.2) is 0 Å². The first-order valence-electron chi connectivity index (χ1n) is 12.2. The molecule has 0 bridgehead atoms. The van der Waals surface area contributed by atoms with Gasteiger partial charge in [-0.1, -0.05) is 60.1 Å². The highest BCUT2D eigenvalue weighted by Crippen LogP contribution is 2.33. The normalized spacial score (nSPS) is 11.2. The standard InChI is InChI=1S/C32H25ClN2OS/c1-21-6-16-29-31(18-21)37-32(35-29)24-9-14-26(15-10-24)34-19-28-27-5-3-2-4-23(27)11-17-30(28)36-20-22-7-12-25(33)13-8-22/h2-18,34H,19-20H2,1H3. The van der Waals surface area contributed by atoms with Gasteiger partial charge in [0, 0.05) is 28.4 Å². The van der Waals surface area contributed by atoms with E-state index in [2.05, 4.69) is 91.1 Å². The van der Waals surface area contributed by atoms with Gasteiger partial charge < -0.3 is 10.1 Å². The predicted octanol–water partition coefficient (Wildman–Crippen LogP) is 9.27. The van der Waals surface area contributed by atoms with Crippen LogP contribution < -0.4 is 10.1 Å². The van der Waals surface area contributed by atoms with E-state index in [-0.39, 0.29) is 0 Å². The molecule has 0 saturated carbocycles. The largest absolute Gasteiger partial charge is 0.489 e. The van der Waals surface area contributed by atoms with Crippen molar-refractivity contribution in [3.05, 3.63) is 125 Å². The van der Waals surface area contributed by atoms with E-state index >= 15 is 0 Å². The minimum absolute atomic E-state index is 0.485. The van der Waals surface area contributed by atoms with E-state index in [1.54, 1.807) is 11.3 Å². The molecule has 5 aromatic carbocycles. The lowest BCUT2D eigenvalue weighted by Crippen LogP contribution is -2.04. The highest BCUT2D eigenvalue weighted by atomic mass is 35.5. The number of hydrogen-bond donors (Lipinski definition) is 1. The molecule has 1 N–H and O–H groups in total. The Morgan fingerprint density at radius 3 is 2.51 bits per heavy atom. The van der Waals surface area contributed by atoms with Crippen molar-refractivity contribution in [2.45, 2.75) is 20.1 Å². The van der Waals surface area contributed by atoms with Gasteiger partial charge in [-0.15, -0.1) is 11.3 Å². The second-order valence-corrected chi connectivity index (χ2v) is 10.6. The lowest BCUT2D eigenvalue weighted by Gasteiger charge is -2.16. The monoisotopic (exact) mass is 520 g/mol. The molecule has 1 aromatic heterocycles. The summed E-state index contributed by atoms with van der Waals surface area (Å²) in [4.78, 5) is 4.82. The van der Waals surface area contributed by atoms with Gasteiger partial charge in [0.1, 0.15) is 17.4 Å². The summed E-state index contributed by atoms with van der Waals surface area (Å²) in [5.74, 6) is 0.877. The Balaban J connectivity index is 1.22. The average Bonchev–Trinajstić information content (AvgIpc) is 3.35. The molecule has 0 unspecified atom stereocenters. The van der Waals surface area contributed by atoms with E-state index in [1.807, 2.05) is 24.3 Å². The molecule has 0 aliphatic heterocycles. The van der Waals surface area contributed by atoms with Crippen molar-refractivity contribution >= 4 is 49.6 Å². The maximum absolute atomic E-state index is 6.28. The highest BCUT2D eigenvalue weighted by Gasteiger charge is 2.11. The van der Waals surface area contributed by atoms with Gasteiger partial charge in [0.25, 0.3) is 0 Å². The number of rotatable bonds is 7. The van der Waals surface area contributed by atoms with E-state index in [0.717, 1.165) is 43.7 Å². The summed E-state index contributed by atoms with van der Waals surface area (Å²) in [7, 11) is 0. The van der Waals surface area contributed by atoms with Gasteiger partial charge in [-0.2, -0.15) is 0 Å². The number of anilines is 1. The number of nitrogens with one attached hydrogen (secondary N) is 1. The number of aromatic nitrogens is 1. The van der Waals surface area contributed by atoms with Crippen LogP contribution in [-0.2, 0) is 13.2 Å².